The minimum Gasteiger partial charge on any atom is -0.448 e. The molecule has 3 heterocycles. The van der Waals surface area contributed by atoms with Crippen LogP contribution in [-0.4, -0.2) is 51.3 Å². The van der Waals surface area contributed by atoms with E-state index in [9.17, 15) is 19.2 Å². The van der Waals surface area contributed by atoms with Gasteiger partial charge >= 0.3 is 11.9 Å². The average Bonchev–Trinajstić information content (AvgIpc) is 3.40. The molecule has 3 aromatic rings. The molecular weight excluding hydrogens is 450 g/mol. The minimum atomic E-state index is -1.20. The Bertz CT molecular complexity index is 1130. The standard InChI is InChI=1S/C21H21N5O8/c1-10-8-16(33-25-10)23-18(27)12(3)31-20(29)14-6-5-7-15(22-14)21(30)32-13(4)19(28)24-17-9-11(2)26-34-17/h5-9,12-13H,1-4H3,(H,23,27)(H,24,28). The number of rotatable bonds is 8. The molecule has 0 radical (unpaired) electrons. The lowest BCUT2D eigenvalue weighted by Crippen LogP contribution is -2.31. The Morgan fingerprint density at radius 2 is 1.21 bits per heavy atom. The van der Waals surface area contributed by atoms with Gasteiger partial charge in [-0.25, -0.2) is 14.6 Å². The molecule has 0 bridgehead atoms. The van der Waals surface area contributed by atoms with Gasteiger partial charge in [0.05, 0.1) is 11.4 Å². The van der Waals surface area contributed by atoms with Crippen LogP contribution < -0.4 is 10.6 Å². The molecule has 2 atom stereocenters. The fourth-order valence-electron chi connectivity index (χ4n) is 2.50. The number of amides is 2. The number of esters is 2. The maximum absolute atomic E-state index is 12.4. The molecule has 2 unspecified atom stereocenters. The van der Waals surface area contributed by atoms with Crippen molar-refractivity contribution in [3.8, 4) is 0 Å². The summed E-state index contributed by atoms with van der Waals surface area (Å²) in [6.07, 6.45) is -2.39. The predicted octanol–water partition coefficient (Wildman–Crippen LogP) is 2.04. The van der Waals surface area contributed by atoms with Crippen LogP contribution in [0.3, 0.4) is 0 Å². The Morgan fingerprint density at radius 1 is 0.794 bits per heavy atom. The minimum absolute atomic E-state index is 0.102. The maximum atomic E-state index is 12.4. The van der Waals surface area contributed by atoms with Crippen molar-refractivity contribution in [1.29, 1.82) is 0 Å². The van der Waals surface area contributed by atoms with Crippen molar-refractivity contribution in [1.82, 2.24) is 15.3 Å². The summed E-state index contributed by atoms with van der Waals surface area (Å²) < 4.78 is 19.9. The normalized spacial score (nSPS) is 12.4. The number of hydrogen-bond acceptors (Lipinski definition) is 11. The summed E-state index contributed by atoms with van der Waals surface area (Å²) in [5.74, 6) is -2.99. The molecule has 0 saturated heterocycles. The van der Waals surface area contributed by atoms with Crippen molar-refractivity contribution in [2.75, 3.05) is 10.6 Å². The highest BCUT2D eigenvalue weighted by atomic mass is 16.6. The topological polar surface area (TPSA) is 176 Å². The van der Waals surface area contributed by atoms with Crippen molar-refractivity contribution in [2.24, 2.45) is 0 Å². The number of aryl methyl sites for hydroxylation is 2. The molecule has 2 N–H and O–H groups in total. The molecule has 34 heavy (non-hydrogen) atoms. The fourth-order valence-corrected chi connectivity index (χ4v) is 2.50. The molecule has 0 aromatic carbocycles. The van der Waals surface area contributed by atoms with E-state index in [1.54, 1.807) is 13.8 Å². The predicted molar refractivity (Wildman–Crippen MR) is 114 cm³/mol. The van der Waals surface area contributed by atoms with Crippen molar-refractivity contribution >= 4 is 35.5 Å². The van der Waals surface area contributed by atoms with Crippen LogP contribution >= 0.6 is 0 Å². The van der Waals surface area contributed by atoms with Crippen LogP contribution in [0.15, 0.2) is 39.4 Å². The zero-order valence-electron chi connectivity index (χ0n) is 18.6. The molecule has 0 aliphatic carbocycles. The Kier molecular flexibility index (Phi) is 7.36. The third kappa shape index (κ3) is 6.25. The maximum Gasteiger partial charge on any atom is 0.357 e. The highest BCUT2D eigenvalue weighted by Gasteiger charge is 2.24. The highest BCUT2D eigenvalue weighted by Crippen LogP contribution is 2.12. The number of nitrogens with one attached hydrogen (secondary N) is 2. The van der Waals surface area contributed by atoms with Gasteiger partial charge < -0.3 is 18.5 Å². The zero-order valence-corrected chi connectivity index (χ0v) is 18.6. The van der Waals surface area contributed by atoms with Gasteiger partial charge in [-0.3, -0.25) is 20.2 Å². The van der Waals surface area contributed by atoms with Crippen LogP contribution in [0.1, 0.15) is 46.2 Å². The molecule has 13 heteroatoms. The number of carbonyl (C=O) groups excluding carboxylic acids is 4. The quantitative estimate of drug-likeness (QED) is 0.460. The van der Waals surface area contributed by atoms with E-state index in [0.29, 0.717) is 11.4 Å². The lowest BCUT2D eigenvalue weighted by atomic mass is 10.3. The van der Waals surface area contributed by atoms with E-state index in [1.165, 1.54) is 44.2 Å². The van der Waals surface area contributed by atoms with Crippen LogP contribution in [0.5, 0.6) is 0 Å². The van der Waals surface area contributed by atoms with Crippen LogP contribution in [0, 0.1) is 13.8 Å². The summed E-state index contributed by atoms with van der Waals surface area (Å²) >= 11 is 0. The van der Waals surface area contributed by atoms with Gasteiger partial charge in [-0.15, -0.1) is 0 Å². The highest BCUT2D eigenvalue weighted by molar-refractivity contribution is 5.98. The molecule has 3 aromatic heterocycles. The van der Waals surface area contributed by atoms with Gasteiger partial charge in [-0.2, -0.15) is 0 Å². The first-order valence-corrected chi connectivity index (χ1v) is 9.99. The van der Waals surface area contributed by atoms with Crippen molar-refractivity contribution in [2.45, 2.75) is 39.9 Å². The van der Waals surface area contributed by atoms with Crippen molar-refractivity contribution in [3.63, 3.8) is 0 Å². The number of aromatic nitrogens is 3. The smallest absolute Gasteiger partial charge is 0.357 e. The summed E-state index contributed by atoms with van der Waals surface area (Å²) in [7, 11) is 0. The van der Waals surface area contributed by atoms with Crippen LogP contribution in [0.4, 0.5) is 11.8 Å². The second kappa shape index (κ2) is 10.4. The van der Waals surface area contributed by atoms with E-state index in [1.807, 2.05) is 0 Å². The van der Waals surface area contributed by atoms with E-state index < -0.39 is 36.0 Å². The van der Waals surface area contributed by atoms with Gasteiger partial charge in [-0.05, 0) is 39.8 Å². The third-order valence-corrected chi connectivity index (χ3v) is 4.22. The number of hydrogen-bond donors (Lipinski definition) is 2. The second-order valence-corrected chi connectivity index (χ2v) is 7.15. The molecule has 0 aliphatic heterocycles. The molecule has 3 rings (SSSR count). The summed E-state index contributed by atoms with van der Waals surface area (Å²) in [6.45, 7) is 6.06. The van der Waals surface area contributed by atoms with Crippen molar-refractivity contribution in [3.05, 3.63) is 53.1 Å². The monoisotopic (exact) mass is 471 g/mol. The summed E-state index contributed by atoms with van der Waals surface area (Å²) in [4.78, 5) is 53.0. The van der Waals surface area contributed by atoms with Crippen LogP contribution in [0.2, 0.25) is 0 Å². The second-order valence-electron chi connectivity index (χ2n) is 7.15. The first kappa shape index (κ1) is 24.1. The van der Waals surface area contributed by atoms with Gasteiger partial charge in [0.1, 0.15) is 11.4 Å². The van der Waals surface area contributed by atoms with E-state index in [0.717, 1.165) is 0 Å². The number of pyridine rings is 1. The number of ether oxygens (including phenoxy) is 2. The number of carbonyl (C=O) groups is 4. The number of anilines is 2. The first-order valence-electron chi connectivity index (χ1n) is 9.99. The van der Waals surface area contributed by atoms with Crippen molar-refractivity contribution < 1.29 is 37.7 Å². The molecule has 13 nitrogen and oxygen atoms in total. The first-order chi connectivity index (χ1) is 16.1. The molecule has 0 aliphatic rings. The van der Waals surface area contributed by atoms with Crippen LogP contribution in [0.25, 0.3) is 0 Å². The molecule has 178 valence electrons. The lowest BCUT2D eigenvalue weighted by molar-refractivity contribution is -0.124. The van der Waals surface area contributed by atoms with Gasteiger partial charge in [0.25, 0.3) is 11.8 Å². The van der Waals surface area contributed by atoms with Gasteiger partial charge in [0, 0.05) is 12.1 Å². The molecule has 0 fully saturated rings. The summed E-state index contributed by atoms with van der Waals surface area (Å²) in [5, 5.41) is 12.1. The molecular formula is C21H21N5O8. The summed E-state index contributed by atoms with van der Waals surface area (Å²) in [6, 6.07) is 6.97. The Morgan fingerprint density at radius 3 is 1.56 bits per heavy atom. The van der Waals surface area contributed by atoms with Gasteiger partial charge in [-0.1, -0.05) is 16.4 Å². The summed E-state index contributed by atoms with van der Waals surface area (Å²) in [5.41, 5.74) is 0.651. The van der Waals surface area contributed by atoms with Gasteiger partial charge in [0.15, 0.2) is 12.2 Å². The Labute approximate surface area is 192 Å². The zero-order chi connectivity index (χ0) is 24.8. The fraction of sp³-hybridized carbons (Fsp3) is 0.286. The largest absolute Gasteiger partial charge is 0.448 e. The van der Waals surface area contributed by atoms with Crippen LogP contribution in [-0.2, 0) is 19.1 Å². The van der Waals surface area contributed by atoms with Gasteiger partial charge in [0.2, 0.25) is 11.8 Å². The molecule has 0 spiro atoms. The number of nitrogens with zero attached hydrogens (tertiary/aromatic N) is 3. The Hall–Kier alpha value is -4.55. The van der Waals surface area contributed by atoms with E-state index in [-0.39, 0.29) is 23.2 Å². The average molecular weight is 471 g/mol. The SMILES string of the molecule is Cc1cc(NC(=O)C(C)OC(=O)c2cccc(C(=O)OC(C)C(=O)Nc3cc(C)no3)n2)on1. The molecule has 0 saturated carbocycles. The van der Waals surface area contributed by atoms with E-state index in [4.69, 9.17) is 18.5 Å². The Balaban J connectivity index is 1.57. The van der Waals surface area contributed by atoms with E-state index >= 15 is 0 Å². The third-order valence-electron chi connectivity index (χ3n) is 4.22. The molecule has 2 amide bonds. The van der Waals surface area contributed by atoms with E-state index in [2.05, 4.69) is 25.9 Å². The lowest BCUT2D eigenvalue weighted by Gasteiger charge is -2.13.